The zero-order chi connectivity index (χ0) is 19.0. The van der Waals surface area contributed by atoms with Crippen LogP contribution < -0.4 is 4.90 Å². The van der Waals surface area contributed by atoms with Crippen molar-refractivity contribution in [2.75, 3.05) is 31.1 Å². The molecular formula is C18H22F2N4O2S. The summed E-state index contributed by atoms with van der Waals surface area (Å²) in [5, 5.41) is 4.18. The Balaban J connectivity index is 1.46. The van der Waals surface area contributed by atoms with Gasteiger partial charge in [-0.15, -0.1) is 0 Å². The molecule has 1 saturated carbocycles. The Kier molecular flexibility index (Phi) is 4.90. The van der Waals surface area contributed by atoms with Gasteiger partial charge in [-0.3, -0.25) is 4.68 Å². The van der Waals surface area contributed by atoms with E-state index in [-0.39, 0.29) is 11.4 Å². The van der Waals surface area contributed by atoms with E-state index >= 15 is 0 Å². The highest BCUT2D eigenvalue weighted by atomic mass is 32.2. The number of sulfonamides is 1. The SMILES string of the molecule is O=S(=O)(c1cnn(CC2CC2)c1)N1CCCN(c2ccc(F)c(F)c2)CC1. The molecule has 0 amide bonds. The summed E-state index contributed by atoms with van der Waals surface area (Å²) in [5.74, 6) is -1.17. The van der Waals surface area contributed by atoms with Gasteiger partial charge in [0.05, 0.1) is 6.20 Å². The Hall–Kier alpha value is -2.00. The second kappa shape index (κ2) is 7.20. The average molecular weight is 396 g/mol. The van der Waals surface area contributed by atoms with Gasteiger partial charge < -0.3 is 4.90 Å². The quantitative estimate of drug-likeness (QED) is 0.779. The number of aromatic nitrogens is 2. The third-order valence-electron chi connectivity index (χ3n) is 5.11. The van der Waals surface area contributed by atoms with Crippen LogP contribution in [0.4, 0.5) is 14.5 Å². The minimum absolute atomic E-state index is 0.212. The van der Waals surface area contributed by atoms with E-state index in [1.807, 2.05) is 4.90 Å². The first-order chi connectivity index (χ1) is 12.9. The van der Waals surface area contributed by atoms with Crippen LogP contribution in [-0.2, 0) is 16.6 Å². The number of hydrogen-bond donors (Lipinski definition) is 0. The van der Waals surface area contributed by atoms with Crippen molar-refractivity contribution in [3.8, 4) is 0 Å². The molecule has 0 N–H and O–H groups in total. The van der Waals surface area contributed by atoms with Gasteiger partial charge in [0.15, 0.2) is 11.6 Å². The van der Waals surface area contributed by atoms with Crippen molar-refractivity contribution >= 4 is 15.7 Å². The summed E-state index contributed by atoms with van der Waals surface area (Å²) in [4.78, 5) is 2.10. The highest BCUT2D eigenvalue weighted by molar-refractivity contribution is 7.89. The first kappa shape index (κ1) is 18.4. The molecule has 9 heteroatoms. The van der Waals surface area contributed by atoms with Crippen LogP contribution in [0.25, 0.3) is 0 Å². The number of benzene rings is 1. The predicted molar refractivity (Wildman–Crippen MR) is 96.9 cm³/mol. The predicted octanol–water partition coefficient (Wildman–Crippen LogP) is 2.47. The van der Waals surface area contributed by atoms with E-state index < -0.39 is 21.7 Å². The molecule has 2 heterocycles. The normalized spacial score (nSPS) is 19.3. The minimum atomic E-state index is -3.61. The largest absolute Gasteiger partial charge is 0.370 e. The monoisotopic (exact) mass is 396 g/mol. The molecule has 0 unspecified atom stereocenters. The molecule has 2 aliphatic rings. The van der Waals surface area contributed by atoms with E-state index in [0.29, 0.717) is 37.7 Å². The lowest BCUT2D eigenvalue weighted by molar-refractivity contribution is 0.433. The molecule has 1 saturated heterocycles. The lowest BCUT2D eigenvalue weighted by atomic mass is 10.2. The van der Waals surface area contributed by atoms with E-state index in [2.05, 4.69) is 5.10 Å². The molecule has 146 valence electrons. The van der Waals surface area contributed by atoms with Gasteiger partial charge in [0.1, 0.15) is 4.90 Å². The molecule has 0 atom stereocenters. The van der Waals surface area contributed by atoms with Crippen LogP contribution in [0, 0.1) is 17.6 Å². The first-order valence-electron chi connectivity index (χ1n) is 9.16. The molecule has 1 aromatic carbocycles. The van der Waals surface area contributed by atoms with Gasteiger partial charge in [-0.2, -0.15) is 9.40 Å². The smallest absolute Gasteiger partial charge is 0.246 e. The van der Waals surface area contributed by atoms with Crippen LogP contribution in [0.15, 0.2) is 35.5 Å². The molecule has 6 nitrogen and oxygen atoms in total. The van der Waals surface area contributed by atoms with Crippen molar-refractivity contribution in [2.45, 2.75) is 30.7 Å². The number of halogens is 2. The fraction of sp³-hybridized carbons (Fsp3) is 0.500. The Bertz CT molecular complexity index is 927. The van der Waals surface area contributed by atoms with Crippen LogP contribution in [0.2, 0.25) is 0 Å². The minimum Gasteiger partial charge on any atom is -0.370 e. The third kappa shape index (κ3) is 3.98. The van der Waals surface area contributed by atoms with Crippen LogP contribution in [0.5, 0.6) is 0 Å². The van der Waals surface area contributed by atoms with Gasteiger partial charge >= 0.3 is 0 Å². The maximum atomic E-state index is 13.5. The van der Waals surface area contributed by atoms with Crippen molar-refractivity contribution in [1.29, 1.82) is 0 Å². The summed E-state index contributed by atoms with van der Waals surface area (Å²) < 4.78 is 55.7. The van der Waals surface area contributed by atoms with Crippen molar-refractivity contribution in [1.82, 2.24) is 14.1 Å². The Labute approximate surface area is 157 Å². The van der Waals surface area contributed by atoms with Gasteiger partial charge in [0, 0.05) is 50.7 Å². The molecule has 4 rings (SSSR count). The topological polar surface area (TPSA) is 58.4 Å². The van der Waals surface area contributed by atoms with Crippen LogP contribution in [0.1, 0.15) is 19.3 Å². The molecule has 2 fully saturated rings. The van der Waals surface area contributed by atoms with E-state index in [1.54, 1.807) is 10.9 Å². The van der Waals surface area contributed by atoms with E-state index in [4.69, 9.17) is 0 Å². The van der Waals surface area contributed by atoms with Gasteiger partial charge in [-0.25, -0.2) is 17.2 Å². The lowest BCUT2D eigenvalue weighted by Gasteiger charge is -2.23. The standard InChI is InChI=1S/C18H22F2N4O2S/c19-17-5-4-15(10-18(17)20)22-6-1-7-24(9-8-22)27(25,26)16-11-21-23(13-16)12-14-2-3-14/h4-5,10-11,13-14H,1-3,6-9,12H2. The summed E-state index contributed by atoms with van der Waals surface area (Å²) in [6, 6.07) is 3.77. The van der Waals surface area contributed by atoms with Crippen molar-refractivity contribution in [3.63, 3.8) is 0 Å². The molecule has 1 aliphatic carbocycles. The molecular weight excluding hydrogens is 374 g/mol. The fourth-order valence-electron chi connectivity index (χ4n) is 3.37. The van der Waals surface area contributed by atoms with Crippen LogP contribution in [-0.4, -0.2) is 48.7 Å². The number of nitrogens with zero attached hydrogens (tertiary/aromatic N) is 4. The van der Waals surface area contributed by atoms with Gasteiger partial charge in [0.2, 0.25) is 10.0 Å². The van der Waals surface area contributed by atoms with E-state index in [0.717, 1.165) is 18.7 Å². The maximum Gasteiger partial charge on any atom is 0.246 e. The molecule has 27 heavy (non-hydrogen) atoms. The number of anilines is 1. The van der Waals surface area contributed by atoms with Crippen molar-refractivity contribution in [3.05, 3.63) is 42.2 Å². The highest BCUT2D eigenvalue weighted by Gasteiger charge is 2.29. The fourth-order valence-corrected chi connectivity index (χ4v) is 4.79. The van der Waals surface area contributed by atoms with Crippen molar-refractivity contribution < 1.29 is 17.2 Å². The zero-order valence-corrected chi connectivity index (χ0v) is 15.7. The molecule has 0 bridgehead atoms. The first-order valence-corrected chi connectivity index (χ1v) is 10.6. The second-order valence-electron chi connectivity index (χ2n) is 7.18. The summed E-state index contributed by atoms with van der Waals surface area (Å²) in [6.07, 6.45) is 5.97. The number of hydrogen-bond acceptors (Lipinski definition) is 4. The summed E-state index contributed by atoms with van der Waals surface area (Å²) in [6.45, 7) is 2.43. The molecule has 1 aliphatic heterocycles. The number of rotatable bonds is 5. The van der Waals surface area contributed by atoms with Gasteiger partial charge in [-0.05, 0) is 37.3 Å². The van der Waals surface area contributed by atoms with Crippen LogP contribution >= 0.6 is 0 Å². The van der Waals surface area contributed by atoms with Crippen LogP contribution in [0.3, 0.4) is 0 Å². The second-order valence-corrected chi connectivity index (χ2v) is 9.12. The molecule has 2 aromatic rings. The average Bonchev–Trinajstić information content (AvgIpc) is 3.38. The van der Waals surface area contributed by atoms with E-state index in [1.165, 1.54) is 29.4 Å². The molecule has 1 aromatic heterocycles. The molecule has 0 spiro atoms. The highest BCUT2D eigenvalue weighted by Crippen LogP contribution is 2.30. The summed E-state index contributed by atoms with van der Waals surface area (Å²) in [5.41, 5.74) is 0.561. The van der Waals surface area contributed by atoms with Crippen molar-refractivity contribution in [2.24, 2.45) is 5.92 Å². The van der Waals surface area contributed by atoms with Gasteiger partial charge in [-0.1, -0.05) is 0 Å². The zero-order valence-electron chi connectivity index (χ0n) is 14.9. The molecule has 0 radical (unpaired) electrons. The third-order valence-corrected chi connectivity index (χ3v) is 6.96. The summed E-state index contributed by atoms with van der Waals surface area (Å²) in [7, 11) is -3.61. The Morgan fingerprint density at radius 1 is 1.07 bits per heavy atom. The van der Waals surface area contributed by atoms with E-state index in [9.17, 15) is 17.2 Å². The summed E-state index contributed by atoms with van der Waals surface area (Å²) >= 11 is 0. The lowest BCUT2D eigenvalue weighted by Crippen LogP contribution is -2.35. The maximum absolute atomic E-state index is 13.5. The Morgan fingerprint density at radius 2 is 1.89 bits per heavy atom. The van der Waals surface area contributed by atoms with Gasteiger partial charge in [0.25, 0.3) is 0 Å². The Morgan fingerprint density at radius 3 is 2.63 bits per heavy atom.